The maximum Gasteiger partial charge on any atom is 0.320 e. The second kappa shape index (κ2) is 7.24. The highest BCUT2D eigenvalue weighted by Gasteiger charge is 2.61. The first-order valence-electron chi connectivity index (χ1n) is 10.9. The molecule has 160 valence electrons. The number of carbonyl (C=O) groups is 1. The number of ketones is 1. The second-order valence-corrected chi connectivity index (χ2v) is 13.8. The van der Waals surface area contributed by atoms with E-state index in [0.29, 0.717) is 39.9 Å². The molecule has 0 amide bonds. The van der Waals surface area contributed by atoms with E-state index in [2.05, 4.69) is 13.8 Å². The first kappa shape index (κ1) is 21.1. The molecule has 3 unspecified atom stereocenters. The van der Waals surface area contributed by atoms with Crippen molar-refractivity contribution in [2.24, 2.45) is 40.4 Å². The van der Waals surface area contributed by atoms with Crippen molar-refractivity contribution in [2.75, 3.05) is 5.75 Å². The molecule has 0 bridgehead atoms. The molecule has 0 radical (unpaired) electrons. The number of rotatable bonds is 4. The van der Waals surface area contributed by atoms with Crippen LogP contribution in [0.5, 0.6) is 0 Å². The van der Waals surface area contributed by atoms with Crippen LogP contribution in [-0.4, -0.2) is 35.7 Å². The number of carbonyl (C=O) groups excluding carboxylic acids is 1. The van der Waals surface area contributed by atoms with E-state index in [9.17, 15) is 18.3 Å². The smallest absolute Gasteiger partial charge is 0.320 e. The Labute approximate surface area is 172 Å². The highest BCUT2D eigenvalue weighted by molar-refractivity contribution is 8.70. The van der Waals surface area contributed by atoms with Gasteiger partial charge in [0.2, 0.25) is 0 Å². The molecule has 4 saturated carbocycles. The van der Waals surface area contributed by atoms with Crippen LogP contribution in [0, 0.1) is 40.4 Å². The lowest BCUT2D eigenvalue weighted by Crippen LogP contribution is -2.54. The first-order chi connectivity index (χ1) is 13.0. The summed E-state index contributed by atoms with van der Waals surface area (Å²) in [7, 11) is -3.81. The summed E-state index contributed by atoms with van der Waals surface area (Å²) in [5, 5.41) is 10.2. The molecule has 0 aromatic carbocycles. The van der Waals surface area contributed by atoms with Crippen molar-refractivity contribution < 1.29 is 22.9 Å². The summed E-state index contributed by atoms with van der Waals surface area (Å²) >= 11 is 0. The molecule has 0 saturated heterocycles. The Morgan fingerprint density at radius 1 is 1.00 bits per heavy atom. The Kier molecular flexibility index (Phi) is 5.47. The predicted octanol–water partition coefficient (Wildman–Crippen LogP) is 4.11. The zero-order valence-corrected chi connectivity index (χ0v) is 18.6. The minimum absolute atomic E-state index is 0.00763. The molecule has 4 fully saturated rings. The number of aliphatic hydroxyl groups excluding tert-OH is 1. The van der Waals surface area contributed by atoms with E-state index in [1.165, 1.54) is 12.8 Å². The Balaban J connectivity index is 1.51. The van der Waals surface area contributed by atoms with Crippen LogP contribution in [0.3, 0.4) is 0 Å². The molecule has 2 N–H and O–H groups in total. The van der Waals surface area contributed by atoms with E-state index in [1.54, 1.807) is 0 Å². The Morgan fingerprint density at radius 2 is 1.68 bits per heavy atom. The van der Waals surface area contributed by atoms with Gasteiger partial charge in [-0.3, -0.25) is 9.35 Å². The summed E-state index contributed by atoms with van der Waals surface area (Å²) in [6, 6.07) is 0. The summed E-state index contributed by atoms with van der Waals surface area (Å²) in [5.74, 6) is 2.29. The van der Waals surface area contributed by atoms with Gasteiger partial charge in [-0.1, -0.05) is 13.8 Å². The summed E-state index contributed by atoms with van der Waals surface area (Å²) in [6.45, 7) is 4.73. The lowest BCUT2D eigenvalue weighted by atomic mass is 9.44. The highest BCUT2D eigenvalue weighted by atomic mass is 33.1. The van der Waals surface area contributed by atoms with Crippen molar-refractivity contribution in [3.05, 3.63) is 0 Å². The van der Waals surface area contributed by atoms with Crippen LogP contribution >= 0.6 is 10.8 Å². The zero-order valence-electron chi connectivity index (χ0n) is 17.0. The van der Waals surface area contributed by atoms with E-state index in [-0.39, 0.29) is 29.0 Å². The number of hydrogen-bond acceptors (Lipinski definition) is 5. The van der Waals surface area contributed by atoms with Crippen molar-refractivity contribution in [1.82, 2.24) is 0 Å². The minimum atomic E-state index is -4.17. The molecule has 0 aliphatic heterocycles. The molecule has 0 aromatic heterocycles. The van der Waals surface area contributed by atoms with E-state index < -0.39 is 9.15 Å². The first-order valence-corrected chi connectivity index (χ1v) is 13.8. The van der Waals surface area contributed by atoms with Crippen molar-refractivity contribution >= 4 is 25.7 Å². The van der Waals surface area contributed by atoms with Gasteiger partial charge >= 0.3 is 9.15 Å². The molecule has 5 nitrogen and oxygen atoms in total. The number of fused-ring (bicyclic) bond motifs is 5. The third-order valence-corrected chi connectivity index (χ3v) is 11.3. The van der Waals surface area contributed by atoms with Crippen LogP contribution in [0.1, 0.15) is 71.6 Å². The second-order valence-electron chi connectivity index (χ2n) is 10.4. The summed E-state index contributed by atoms with van der Waals surface area (Å²) < 4.78 is 31.1. The van der Waals surface area contributed by atoms with Crippen LogP contribution in [-0.2, 0) is 13.9 Å². The molecular formula is C21H34O5S2. The van der Waals surface area contributed by atoms with E-state index >= 15 is 0 Å². The van der Waals surface area contributed by atoms with Crippen molar-refractivity contribution in [2.45, 2.75) is 77.7 Å². The van der Waals surface area contributed by atoms with Gasteiger partial charge in [-0.05, 0) is 92.3 Å². The normalized spacial score (nSPS) is 48.4. The number of Topliss-reactive ketones (excluding diaryl/α,β-unsaturated/α-hetero) is 1. The van der Waals surface area contributed by atoms with Crippen LogP contribution < -0.4 is 0 Å². The van der Waals surface area contributed by atoms with Gasteiger partial charge in [-0.15, -0.1) is 0 Å². The van der Waals surface area contributed by atoms with E-state index in [4.69, 9.17) is 4.55 Å². The molecule has 7 heteroatoms. The Hall–Kier alpha value is -0.110. The fraction of sp³-hybridized carbons (Fsp3) is 0.952. The standard InChI is InChI=1S/C21H34O5S2/c1-20-9-7-14(22)11-13(20)3-4-15-16-5-6-18(19(23)12-27-28(24,25)26)21(16,2)10-8-17(15)20/h13-18,22H,3-12H2,1-2H3,(H,24,25,26)/t13-,14-,15?,16?,17?,18-,20+,21+/m1/s1. The minimum Gasteiger partial charge on any atom is -0.393 e. The zero-order chi connectivity index (χ0) is 20.3. The maximum atomic E-state index is 12.8. The van der Waals surface area contributed by atoms with E-state index in [0.717, 1.165) is 44.9 Å². The van der Waals surface area contributed by atoms with Gasteiger partial charge in [0.05, 0.1) is 11.9 Å². The van der Waals surface area contributed by atoms with Crippen LogP contribution in [0.4, 0.5) is 0 Å². The summed E-state index contributed by atoms with van der Waals surface area (Å²) in [6.07, 6.45) is 9.38. The average Bonchev–Trinajstić information content (AvgIpc) is 2.97. The molecule has 4 aliphatic rings. The molecule has 0 spiro atoms. The fourth-order valence-electron chi connectivity index (χ4n) is 8.00. The van der Waals surface area contributed by atoms with Crippen LogP contribution in [0.15, 0.2) is 0 Å². The SMILES string of the molecule is C[C@]12CCC3C(CC[C@@H]4C[C@H](O)CC[C@]34C)C1CC[C@@H]2C(=O)CSS(=O)(=O)O. The number of hydrogen-bond donors (Lipinski definition) is 2. The molecule has 4 aliphatic carbocycles. The summed E-state index contributed by atoms with van der Waals surface area (Å²) in [5.41, 5.74) is 0.293. The van der Waals surface area contributed by atoms with Crippen LogP contribution in [0.25, 0.3) is 0 Å². The monoisotopic (exact) mass is 430 g/mol. The molecule has 0 aromatic rings. The average molecular weight is 431 g/mol. The van der Waals surface area contributed by atoms with Gasteiger partial charge in [0, 0.05) is 16.7 Å². The van der Waals surface area contributed by atoms with Gasteiger partial charge in [0.25, 0.3) is 0 Å². The molecule has 8 atom stereocenters. The van der Waals surface area contributed by atoms with Crippen molar-refractivity contribution in [3.63, 3.8) is 0 Å². The lowest BCUT2D eigenvalue weighted by Gasteiger charge is -2.60. The van der Waals surface area contributed by atoms with Gasteiger partial charge in [0.15, 0.2) is 0 Å². The molecule has 4 rings (SSSR count). The summed E-state index contributed by atoms with van der Waals surface area (Å²) in [4.78, 5) is 12.8. The Morgan fingerprint density at radius 3 is 2.39 bits per heavy atom. The third kappa shape index (κ3) is 3.48. The van der Waals surface area contributed by atoms with Gasteiger partial charge in [0.1, 0.15) is 5.78 Å². The fourth-order valence-corrected chi connectivity index (χ4v) is 9.26. The molecule has 0 heterocycles. The molecular weight excluding hydrogens is 396 g/mol. The lowest BCUT2D eigenvalue weighted by molar-refractivity contribution is -0.138. The van der Waals surface area contributed by atoms with E-state index in [1.807, 2.05) is 0 Å². The van der Waals surface area contributed by atoms with Gasteiger partial charge < -0.3 is 5.11 Å². The molecule has 28 heavy (non-hydrogen) atoms. The van der Waals surface area contributed by atoms with Gasteiger partial charge in [-0.25, -0.2) is 0 Å². The predicted molar refractivity (Wildman–Crippen MR) is 110 cm³/mol. The Bertz CT molecular complexity index is 737. The van der Waals surface area contributed by atoms with Gasteiger partial charge in [-0.2, -0.15) is 8.42 Å². The highest BCUT2D eigenvalue weighted by Crippen LogP contribution is 2.67. The van der Waals surface area contributed by atoms with Crippen LogP contribution in [0.2, 0.25) is 0 Å². The largest absolute Gasteiger partial charge is 0.393 e. The quantitative estimate of drug-likeness (QED) is 0.515. The van der Waals surface area contributed by atoms with Crippen molar-refractivity contribution in [1.29, 1.82) is 0 Å². The third-order valence-electron chi connectivity index (χ3n) is 9.38. The van der Waals surface area contributed by atoms with Crippen molar-refractivity contribution in [3.8, 4) is 0 Å². The maximum absolute atomic E-state index is 12.8. The number of aliphatic hydroxyl groups is 1. The topological polar surface area (TPSA) is 91.7 Å².